The molecule has 3 rings (SSSR count). The summed E-state index contributed by atoms with van der Waals surface area (Å²) >= 11 is 0. The highest BCUT2D eigenvalue weighted by atomic mass is 19.4. The standard InChI is InChI=1S/C23H24F5N3O3/c24-17-5-8-19(20(25)14-17)22(33)29-9-1-2-21(32)31-12-10-30(11-13-31)15-16-3-6-18(7-4-16)34-23(26,27)28/h3-8,14H,1-2,9-13,15H2,(H,29,33). The molecule has 0 atom stereocenters. The average molecular weight is 485 g/mol. The molecule has 0 bridgehead atoms. The van der Waals surface area contributed by atoms with Crippen molar-refractivity contribution in [1.82, 2.24) is 15.1 Å². The molecule has 1 N–H and O–H groups in total. The minimum atomic E-state index is -4.73. The third-order valence-electron chi connectivity index (χ3n) is 5.32. The van der Waals surface area contributed by atoms with Gasteiger partial charge in [0.15, 0.2) is 0 Å². The number of hydrogen-bond donors (Lipinski definition) is 1. The Kier molecular flexibility index (Phi) is 8.43. The summed E-state index contributed by atoms with van der Waals surface area (Å²) < 4.78 is 67.1. The number of carbonyl (C=O) groups is 2. The van der Waals surface area contributed by atoms with Crippen molar-refractivity contribution in [1.29, 1.82) is 0 Å². The predicted molar refractivity (Wildman–Crippen MR) is 113 cm³/mol. The maximum Gasteiger partial charge on any atom is 0.573 e. The molecule has 0 unspecified atom stereocenters. The van der Waals surface area contributed by atoms with Crippen LogP contribution in [0.3, 0.4) is 0 Å². The number of hydrogen-bond acceptors (Lipinski definition) is 4. The van der Waals surface area contributed by atoms with Gasteiger partial charge in [0.1, 0.15) is 17.4 Å². The van der Waals surface area contributed by atoms with Crippen LogP contribution in [0.5, 0.6) is 5.75 Å². The summed E-state index contributed by atoms with van der Waals surface area (Å²) in [5.74, 6) is -2.72. The zero-order valence-electron chi connectivity index (χ0n) is 18.2. The highest BCUT2D eigenvalue weighted by Crippen LogP contribution is 2.23. The van der Waals surface area contributed by atoms with Crippen molar-refractivity contribution in [2.45, 2.75) is 25.7 Å². The number of nitrogens with zero attached hydrogens (tertiary/aromatic N) is 2. The number of ether oxygens (including phenoxy) is 1. The number of piperazine rings is 1. The first-order chi connectivity index (χ1) is 16.1. The first-order valence-electron chi connectivity index (χ1n) is 10.7. The fourth-order valence-corrected chi connectivity index (χ4v) is 3.58. The molecule has 0 aromatic heterocycles. The molecule has 0 radical (unpaired) electrons. The zero-order valence-corrected chi connectivity index (χ0v) is 18.2. The maximum absolute atomic E-state index is 13.6. The maximum atomic E-state index is 13.6. The SMILES string of the molecule is O=C(NCCCC(=O)N1CCN(Cc2ccc(OC(F)(F)F)cc2)CC1)c1ccc(F)cc1F. The monoisotopic (exact) mass is 485 g/mol. The highest BCUT2D eigenvalue weighted by Gasteiger charge is 2.31. The normalized spacial score (nSPS) is 14.7. The van der Waals surface area contributed by atoms with Crippen molar-refractivity contribution in [3.05, 3.63) is 65.2 Å². The smallest absolute Gasteiger partial charge is 0.406 e. The number of amides is 2. The molecular weight excluding hydrogens is 461 g/mol. The molecule has 0 aliphatic carbocycles. The minimum Gasteiger partial charge on any atom is -0.406 e. The summed E-state index contributed by atoms with van der Waals surface area (Å²) in [6.45, 7) is 2.98. The van der Waals surface area contributed by atoms with Crippen LogP contribution in [0, 0.1) is 11.6 Å². The average Bonchev–Trinajstić information content (AvgIpc) is 2.77. The first-order valence-corrected chi connectivity index (χ1v) is 10.7. The van der Waals surface area contributed by atoms with E-state index in [1.165, 1.54) is 12.1 Å². The van der Waals surface area contributed by atoms with Crippen molar-refractivity contribution in [3.63, 3.8) is 0 Å². The number of alkyl halides is 3. The predicted octanol–water partition coefficient (Wildman–Crippen LogP) is 3.72. The van der Waals surface area contributed by atoms with Crippen LogP contribution in [0.2, 0.25) is 0 Å². The fraction of sp³-hybridized carbons (Fsp3) is 0.391. The van der Waals surface area contributed by atoms with E-state index in [9.17, 15) is 31.5 Å². The van der Waals surface area contributed by atoms with Gasteiger partial charge in [-0.25, -0.2) is 8.78 Å². The van der Waals surface area contributed by atoms with Crippen LogP contribution in [0.1, 0.15) is 28.8 Å². The molecule has 0 saturated carbocycles. The van der Waals surface area contributed by atoms with Crippen LogP contribution in [0.15, 0.2) is 42.5 Å². The van der Waals surface area contributed by atoms with Gasteiger partial charge in [-0.2, -0.15) is 0 Å². The minimum absolute atomic E-state index is 0.0597. The molecule has 6 nitrogen and oxygen atoms in total. The van der Waals surface area contributed by atoms with Crippen molar-refractivity contribution in [2.75, 3.05) is 32.7 Å². The van der Waals surface area contributed by atoms with E-state index in [4.69, 9.17) is 0 Å². The molecule has 11 heteroatoms. The molecule has 34 heavy (non-hydrogen) atoms. The van der Waals surface area contributed by atoms with E-state index in [1.54, 1.807) is 17.0 Å². The first kappa shape index (κ1) is 25.4. The van der Waals surface area contributed by atoms with Gasteiger partial charge in [0.05, 0.1) is 5.56 Å². The van der Waals surface area contributed by atoms with Gasteiger partial charge >= 0.3 is 6.36 Å². The van der Waals surface area contributed by atoms with Gasteiger partial charge in [0, 0.05) is 51.8 Å². The van der Waals surface area contributed by atoms with Crippen molar-refractivity contribution in [3.8, 4) is 5.75 Å². The van der Waals surface area contributed by atoms with E-state index in [-0.39, 0.29) is 30.2 Å². The molecule has 1 saturated heterocycles. The van der Waals surface area contributed by atoms with Crippen LogP contribution >= 0.6 is 0 Å². The van der Waals surface area contributed by atoms with Gasteiger partial charge in [-0.05, 0) is 36.2 Å². The summed E-state index contributed by atoms with van der Waals surface area (Å²) in [7, 11) is 0. The van der Waals surface area contributed by atoms with Crippen LogP contribution < -0.4 is 10.1 Å². The number of nitrogens with one attached hydrogen (secondary N) is 1. The summed E-state index contributed by atoms with van der Waals surface area (Å²) in [6, 6.07) is 8.39. The molecule has 2 aromatic carbocycles. The lowest BCUT2D eigenvalue weighted by Gasteiger charge is -2.34. The Hall–Kier alpha value is -3.21. The van der Waals surface area contributed by atoms with Gasteiger partial charge in [-0.3, -0.25) is 14.5 Å². The van der Waals surface area contributed by atoms with E-state index in [1.807, 2.05) is 0 Å². The van der Waals surface area contributed by atoms with Crippen LogP contribution in [-0.4, -0.2) is 60.7 Å². The highest BCUT2D eigenvalue weighted by molar-refractivity contribution is 5.94. The summed E-state index contributed by atoms with van der Waals surface area (Å²) in [5, 5.41) is 2.52. The molecule has 184 valence electrons. The lowest BCUT2D eigenvalue weighted by atomic mass is 10.1. The number of benzene rings is 2. The van der Waals surface area contributed by atoms with E-state index < -0.39 is 23.9 Å². The molecule has 1 fully saturated rings. The van der Waals surface area contributed by atoms with Gasteiger partial charge in [0.2, 0.25) is 5.91 Å². The van der Waals surface area contributed by atoms with Crippen molar-refractivity contribution < 1.29 is 36.3 Å². The number of halogens is 5. The molecule has 1 aliphatic rings. The second-order valence-electron chi connectivity index (χ2n) is 7.83. The Labute approximate surface area is 193 Å². The lowest BCUT2D eigenvalue weighted by molar-refractivity contribution is -0.274. The van der Waals surface area contributed by atoms with Crippen LogP contribution in [-0.2, 0) is 11.3 Å². The third kappa shape index (κ3) is 7.68. The molecule has 1 heterocycles. The van der Waals surface area contributed by atoms with E-state index in [2.05, 4.69) is 15.0 Å². The van der Waals surface area contributed by atoms with Crippen molar-refractivity contribution >= 4 is 11.8 Å². The van der Waals surface area contributed by atoms with Gasteiger partial charge in [-0.15, -0.1) is 13.2 Å². The molecule has 2 aromatic rings. The molecule has 0 spiro atoms. The Bertz CT molecular complexity index is 990. The lowest BCUT2D eigenvalue weighted by Crippen LogP contribution is -2.48. The topological polar surface area (TPSA) is 61.9 Å². The molecular formula is C23H24F5N3O3. The summed E-state index contributed by atoms with van der Waals surface area (Å²) in [4.78, 5) is 28.2. The number of carbonyl (C=O) groups excluding carboxylic acids is 2. The van der Waals surface area contributed by atoms with E-state index >= 15 is 0 Å². The quantitative estimate of drug-likeness (QED) is 0.458. The zero-order chi connectivity index (χ0) is 24.7. The summed E-state index contributed by atoms with van der Waals surface area (Å²) in [6.07, 6.45) is -4.14. The van der Waals surface area contributed by atoms with Crippen LogP contribution in [0.4, 0.5) is 22.0 Å². The van der Waals surface area contributed by atoms with E-state index in [0.717, 1.165) is 17.7 Å². The third-order valence-corrected chi connectivity index (χ3v) is 5.32. The van der Waals surface area contributed by atoms with Crippen LogP contribution in [0.25, 0.3) is 0 Å². The Balaban J connectivity index is 1.35. The van der Waals surface area contributed by atoms with Gasteiger partial charge in [-0.1, -0.05) is 12.1 Å². The molecule has 2 amide bonds. The Morgan fingerprint density at radius 2 is 1.65 bits per heavy atom. The summed E-state index contributed by atoms with van der Waals surface area (Å²) in [5.41, 5.74) is 0.578. The Morgan fingerprint density at radius 3 is 2.26 bits per heavy atom. The van der Waals surface area contributed by atoms with Gasteiger partial charge < -0.3 is 15.0 Å². The van der Waals surface area contributed by atoms with Gasteiger partial charge in [0.25, 0.3) is 5.91 Å². The Morgan fingerprint density at radius 1 is 0.971 bits per heavy atom. The van der Waals surface area contributed by atoms with Crippen molar-refractivity contribution in [2.24, 2.45) is 0 Å². The molecule has 1 aliphatic heterocycles. The fourth-order valence-electron chi connectivity index (χ4n) is 3.58. The second-order valence-corrected chi connectivity index (χ2v) is 7.83. The largest absolute Gasteiger partial charge is 0.573 e. The number of rotatable bonds is 8. The van der Waals surface area contributed by atoms with E-state index in [0.29, 0.717) is 45.2 Å². The second kappa shape index (κ2) is 11.3.